The number of hydroxylamine groups is 1. The molecule has 3 aromatic rings. The summed E-state index contributed by atoms with van der Waals surface area (Å²) >= 11 is 0. The number of hydrogen-bond acceptors (Lipinski definition) is 5. The Morgan fingerprint density at radius 1 is 1.06 bits per heavy atom. The molecule has 8 heteroatoms. The summed E-state index contributed by atoms with van der Waals surface area (Å²) in [5.41, 5.74) is 2.32. The van der Waals surface area contributed by atoms with Crippen molar-refractivity contribution < 1.29 is 23.2 Å². The summed E-state index contributed by atoms with van der Waals surface area (Å²) in [7, 11) is -4.04. The smallest absolute Gasteiger partial charge is 0.261 e. The Bertz CT molecular complexity index is 1220. The summed E-state index contributed by atoms with van der Waals surface area (Å²) in [5.74, 6) is 5.08. The van der Waals surface area contributed by atoms with Crippen LogP contribution in [0.5, 0.6) is 5.75 Å². The van der Waals surface area contributed by atoms with Crippen LogP contribution >= 0.6 is 0 Å². The van der Waals surface area contributed by atoms with E-state index in [0.717, 1.165) is 16.3 Å². The highest BCUT2D eigenvalue weighted by atomic mass is 32.2. The number of sulfonamides is 1. The Labute approximate surface area is 181 Å². The van der Waals surface area contributed by atoms with Gasteiger partial charge in [0.25, 0.3) is 5.91 Å². The first-order chi connectivity index (χ1) is 14.9. The molecular formula is C23H22N2O5S. The van der Waals surface area contributed by atoms with E-state index in [2.05, 4.69) is 16.6 Å². The SMILES string of the molecule is CC#CCOc1ccc(S(=O)(=O)N[C@H](Cc2cccc3ccccc23)C(=O)NO)cc1. The molecule has 0 aromatic heterocycles. The molecule has 0 fully saturated rings. The topological polar surface area (TPSA) is 105 Å². The highest BCUT2D eigenvalue weighted by molar-refractivity contribution is 7.89. The summed E-state index contributed by atoms with van der Waals surface area (Å²) in [6.07, 6.45) is 0.0594. The van der Waals surface area contributed by atoms with Crippen LogP contribution in [-0.2, 0) is 21.2 Å². The predicted molar refractivity (Wildman–Crippen MR) is 117 cm³/mol. The lowest BCUT2D eigenvalue weighted by molar-refractivity contribution is -0.130. The van der Waals surface area contributed by atoms with E-state index in [9.17, 15) is 13.2 Å². The third-order valence-electron chi connectivity index (χ3n) is 4.65. The molecule has 7 nitrogen and oxygen atoms in total. The van der Waals surface area contributed by atoms with Crippen LogP contribution in [0.3, 0.4) is 0 Å². The first-order valence-corrected chi connectivity index (χ1v) is 11.0. The zero-order chi connectivity index (χ0) is 22.3. The Morgan fingerprint density at radius 2 is 1.77 bits per heavy atom. The summed E-state index contributed by atoms with van der Waals surface area (Å²) in [6, 6.07) is 17.7. The van der Waals surface area contributed by atoms with Crippen molar-refractivity contribution in [2.45, 2.75) is 24.3 Å². The minimum atomic E-state index is -4.04. The van der Waals surface area contributed by atoms with E-state index in [4.69, 9.17) is 9.94 Å². The van der Waals surface area contributed by atoms with E-state index in [-0.39, 0.29) is 17.9 Å². The molecule has 160 valence electrons. The van der Waals surface area contributed by atoms with Crippen molar-refractivity contribution in [2.24, 2.45) is 0 Å². The number of nitrogens with one attached hydrogen (secondary N) is 2. The summed E-state index contributed by atoms with van der Waals surface area (Å²) < 4.78 is 33.5. The highest BCUT2D eigenvalue weighted by Gasteiger charge is 2.26. The maximum atomic E-state index is 12.9. The molecule has 3 rings (SSSR count). The summed E-state index contributed by atoms with van der Waals surface area (Å²) in [5, 5.41) is 11.0. The molecule has 0 heterocycles. The van der Waals surface area contributed by atoms with Gasteiger partial charge < -0.3 is 4.74 Å². The van der Waals surface area contributed by atoms with Crippen molar-refractivity contribution in [3.63, 3.8) is 0 Å². The van der Waals surface area contributed by atoms with Crippen LogP contribution in [-0.4, -0.2) is 32.2 Å². The lowest BCUT2D eigenvalue weighted by Crippen LogP contribution is -2.47. The second kappa shape index (κ2) is 10.1. The van der Waals surface area contributed by atoms with Crippen molar-refractivity contribution in [3.05, 3.63) is 72.3 Å². The molecule has 31 heavy (non-hydrogen) atoms. The number of benzene rings is 3. The standard InChI is InChI=1S/C23H22N2O5S/c1-2-3-15-30-19-11-13-20(14-12-19)31(28,29)25-22(23(26)24-27)16-18-9-6-8-17-7-4-5-10-21(17)18/h4-14,22,25,27H,15-16H2,1H3,(H,24,26)/t22-/m1/s1. The van der Waals surface area contributed by atoms with Gasteiger partial charge in [-0.2, -0.15) is 4.72 Å². The first kappa shape index (κ1) is 22.3. The molecule has 0 saturated carbocycles. The van der Waals surface area contributed by atoms with Gasteiger partial charge in [0.05, 0.1) is 4.90 Å². The lowest BCUT2D eigenvalue weighted by atomic mass is 9.99. The molecule has 3 aromatic carbocycles. The molecule has 0 aliphatic heterocycles. The zero-order valence-corrected chi connectivity index (χ0v) is 17.6. The van der Waals surface area contributed by atoms with Gasteiger partial charge in [-0.15, -0.1) is 5.92 Å². The molecule has 0 unspecified atom stereocenters. The first-order valence-electron chi connectivity index (χ1n) is 9.50. The van der Waals surface area contributed by atoms with E-state index >= 15 is 0 Å². The van der Waals surface area contributed by atoms with Crippen LogP contribution in [0, 0.1) is 11.8 Å². The maximum absolute atomic E-state index is 12.9. The number of carbonyl (C=O) groups excluding carboxylic acids is 1. The van der Waals surface area contributed by atoms with Gasteiger partial charge in [-0.25, -0.2) is 13.9 Å². The maximum Gasteiger partial charge on any atom is 0.261 e. The Morgan fingerprint density at radius 3 is 2.48 bits per heavy atom. The molecule has 0 bridgehead atoms. The molecule has 0 saturated heterocycles. The van der Waals surface area contributed by atoms with Crippen molar-refractivity contribution >= 4 is 26.7 Å². The van der Waals surface area contributed by atoms with Gasteiger partial charge in [0.15, 0.2) is 0 Å². The number of fused-ring (bicyclic) bond motifs is 1. The van der Waals surface area contributed by atoms with Crippen molar-refractivity contribution in [1.29, 1.82) is 0 Å². The van der Waals surface area contributed by atoms with Gasteiger partial charge >= 0.3 is 0 Å². The third-order valence-corrected chi connectivity index (χ3v) is 6.14. The minimum absolute atomic E-state index is 0.0323. The molecule has 0 spiro atoms. The van der Waals surface area contributed by atoms with E-state index in [0.29, 0.717) is 5.75 Å². The normalized spacial score (nSPS) is 11.9. The molecule has 1 atom stereocenters. The molecule has 0 radical (unpaired) electrons. The second-order valence-electron chi connectivity index (χ2n) is 6.68. The van der Waals surface area contributed by atoms with Gasteiger partial charge in [-0.05, 0) is 53.9 Å². The monoisotopic (exact) mass is 438 g/mol. The largest absolute Gasteiger partial charge is 0.481 e. The summed E-state index contributed by atoms with van der Waals surface area (Å²) in [6.45, 7) is 1.90. The lowest BCUT2D eigenvalue weighted by Gasteiger charge is -2.18. The van der Waals surface area contributed by atoms with Crippen LogP contribution in [0.4, 0.5) is 0 Å². The fourth-order valence-electron chi connectivity index (χ4n) is 3.12. The quantitative estimate of drug-likeness (QED) is 0.285. The third kappa shape index (κ3) is 5.61. The van der Waals surface area contributed by atoms with Gasteiger partial charge in [0, 0.05) is 0 Å². The number of rotatable bonds is 8. The van der Waals surface area contributed by atoms with Gasteiger partial charge in [-0.3, -0.25) is 10.0 Å². The van der Waals surface area contributed by atoms with Crippen LogP contribution in [0.2, 0.25) is 0 Å². The minimum Gasteiger partial charge on any atom is -0.481 e. The fraction of sp³-hybridized carbons (Fsp3) is 0.174. The van der Waals surface area contributed by atoms with Crippen molar-refractivity contribution in [2.75, 3.05) is 6.61 Å². The Kier molecular flexibility index (Phi) is 7.26. The zero-order valence-electron chi connectivity index (χ0n) is 16.8. The van der Waals surface area contributed by atoms with Crippen molar-refractivity contribution in [3.8, 4) is 17.6 Å². The van der Waals surface area contributed by atoms with Gasteiger partial charge in [0.1, 0.15) is 18.4 Å². The second-order valence-corrected chi connectivity index (χ2v) is 8.39. The summed E-state index contributed by atoms with van der Waals surface area (Å²) in [4.78, 5) is 12.2. The van der Waals surface area contributed by atoms with Crippen LogP contribution in [0.1, 0.15) is 12.5 Å². The van der Waals surface area contributed by atoms with Gasteiger partial charge in [0.2, 0.25) is 10.0 Å². The fourth-order valence-corrected chi connectivity index (χ4v) is 4.31. The average molecular weight is 439 g/mol. The molecule has 0 aliphatic rings. The van der Waals surface area contributed by atoms with E-state index in [1.165, 1.54) is 24.3 Å². The molecule has 0 aliphatic carbocycles. The number of amides is 1. The number of ether oxygens (including phenoxy) is 1. The van der Waals surface area contributed by atoms with E-state index in [1.54, 1.807) is 12.4 Å². The Hall–Kier alpha value is -3.38. The van der Waals surface area contributed by atoms with Gasteiger partial charge in [-0.1, -0.05) is 48.4 Å². The highest BCUT2D eigenvalue weighted by Crippen LogP contribution is 2.21. The average Bonchev–Trinajstić information content (AvgIpc) is 2.78. The molecular weight excluding hydrogens is 416 g/mol. The van der Waals surface area contributed by atoms with E-state index in [1.807, 2.05) is 42.5 Å². The van der Waals surface area contributed by atoms with Crippen molar-refractivity contribution in [1.82, 2.24) is 10.2 Å². The number of hydrogen-bond donors (Lipinski definition) is 3. The predicted octanol–water partition coefficient (Wildman–Crippen LogP) is 2.64. The van der Waals surface area contributed by atoms with Crippen LogP contribution < -0.4 is 14.9 Å². The molecule has 1 amide bonds. The van der Waals surface area contributed by atoms with Crippen LogP contribution in [0.25, 0.3) is 10.8 Å². The molecule has 3 N–H and O–H groups in total. The van der Waals surface area contributed by atoms with Crippen LogP contribution in [0.15, 0.2) is 71.6 Å². The Balaban J connectivity index is 1.82. The number of carbonyl (C=O) groups is 1. The van der Waals surface area contributed by atoms with E-state index < -0.39 is 22.0 Å².